The molecule has 1 rings (SSSR count). The van der Waals surface area contributed by atoms with Gasteiger partial charge in [-0.3, -0.25) is 4.79 Å². The Morgan fingerprint density at radius 3 is 2.93 bits per heavy atom. The predicted molar refractivity (Wildman–Crippen MR) is 59.2 cm³/mol. The molecule has 0 aromatic carbocycles. The van der Waals surface area contributed by atoms with E-state index in [0.29, 0.717) is 17.0 Å². The smallest absolute Gasteiger partial charge is 0.190 e. The standard InChI is InChI=1S/C11H13NO2S/c1-3-4-8(6-12)11(13)10-5-9(14-2)7-15-10/h5,7-8H,3-4H2,1-2H3. The molecule has 0 saturated carbocycles. The molecule has 1 unspecified atom stereocenters. The zero-order valence-corrected chi connectivity index (χ0v) is 9.63. The van der Waals surface area contributed by atoms with Crippen LogP contribution in [-0.2, 0) is 0 Å². The van der Waals surface area contributed by atoms with Gasteiger partial charge in [0.25, 0.3) is 0 Å². The van der Waals surface area contributed by atoms with E-state index in [1.165, 1.54) is 11.3 Å². The van der Waals surface area contributed by atoms with E-state index in [0.717, 1.165) is 6.42 Å². The fourth-order valence-electron chi connectivity index (χ4n) is 1.27. The second-order valence-electron chi connectivity index (χ2n) is 3.19. The molecule has 1 heterocycles. The molecule has 4 heteroatoms. The molecule has 0 N–H and O–H groups in total. The van der Waals surface area contributed by atoms with Crippen molar-refractivity contribution in [2.45, 2.75) is 19.8 Å². The van der Waals surface area contributed by atoms with Gasteiger partial charge in [0.2, 0.25) is 0 Å². The Labute approximate surface area is 93.3 Å². The number of hydrogen-bond acceptors (Lipinski definition) is 4. The molecule has 0 aliphatic rings. The fraction of sp³-hybridized carbons (Fsp3) is 0.455. The van der Waals surface area contributed by atoms with E-state index in [-0.39, 0.29) is 5.78 Å². The van der Waals surface area contributed by atoms with Crippen LogP contribution in [0.2, 0.25) is 0 Å². The molecular formula is C11H13NO2S. The van der Waals surface area contributed by atoms with E-state index < -0.39 is 5.92 Å². The van der Waals surface area contributed by atoms with Crippen molar-refractivity contribution >= 4 is 17.1 Å². The molecule has 0 aliphatic carbocycles. The normalized spacial score (nSPS) is 11.8. The number of ketones is 1. The van der Waals surface area contributed by atoms with Gasteiger partial charge < -0.3 is 4.74 Å². The van der Waals surface area contributed by atoms with Gasteiger partial charge in [-0.05, 0) is 6.42 Å². The first-order chi connectivity index (χ1) is 7.22. The highest BCUT2D eigenvalue weighted by Gasteiger charge is 2.20. The molecule has 80 valence electrons. The summed E-state index contributed by atoms with van der Waals surface area (Å²) in [7, 11) is 1.56. The predicted octanol–water partition coefficient (Wildman–Crippen LogP) is 2.88. The average Bonchev–Trinajstić information content (AvgIpc) is 2.73. The van der Waals surface area contributed by atoms with Crippen molar-refractivity contribution in [2.75, 3.05) is 7.11 Å². The second-order valence-corrected chi connectivity index (χ2v) is 4.10. The van der Waals surface area contributed by atoms with Crippen LogP contribution in [-0.4, -0.2) is 12.9 Å². The van der Waals surface area contributed by atoms with Crippen LogP contribution in [0.25, 0.3) is 0 Å². The minimum atomic E-state index is -0.515. The zero-order chi connectivity index (χ0) is 11.3. The van der Waals surface area contributed by atoms with Crippen molar-refractivity contribution < 1.29 is 9.53 Å². The lowest BCUT2D eigenvalue weighted by atomic mass is 9.99. The van der Waals surface area contributed by atoms with Crippen molar-refractivity contribution in [3.05, 3.63) is 16.3 Å². The summed E-state index contributed by atoms with van der Waals surface area (Å²) in [6.07, 6.45) is 1.46. The lowest BCUT2D eigenvalue weighted by Gasteiger charge is -2.03. The molecule has 0 spiro atoms. The molecule has 3 nitrogen and oxygen atoms in total. The number of thiophene rings is 1. The summed E-state index contributed by atoms with van der Waals surface area (Å²) < 4.78 is 4.99. The SMILES string of the molecule is CCCC(C#N)C(=O)c1cc(OC)cs1. The summed E-state index contributed by atoms with van der Waals surface area (Å²) >= 11 is 1.33. The summed E-state index contributed by atoms with van der Waals surface area (Å²) in [6.45, 7) is 1.96. The number of nitrogens with zero attached hydrogens (tertiary/aromatic N) is 1. The number of rotatable bonds is 5. The molecular weight excluding hydrogens is 210 g/mol. The topological polar surface area (TPSA) is 50.1 Å². The van der Waals surface area contributed by atoms with Gasteiger partial charge in [0.05, 0.1) is 18.1 Å². The van der Waals surface area contributed by atoms with Crippen LogP contribution in [0.15, 0.2) is 11.4 Å². The first kappa shape index (κ1) is 11.7. The van der Waals surface area contributed by atoms with Crippen molar-refractivity contribution in [2.24, 2.45) is 5.92 Å². The molecule has 0 fully saturated rings. The van der Waals surface area contributed by atoms with E-state index in [1.807, 2.05) is 13.0 Å². The monoisotopic (exact) mass is 223 g/mol. The van der Waals surface area contributed by atoms with Gasteiger partial charge in [0.15, 0.2) is 5.78 Å². The summed E-state index contributed by atoms with van der Waals surface area (Å²) in [5, 5.41) is 10.6. The third kappa shape index (κ3) is 2.80. The molecule has 0 bridgehead atoms. The Balaban J connectivity index is 2.79. The maximum absolute atomic E-state index is 11.8. The van der Waals surface area contributed by atoms with Crippen LogP contribution in [0.5, 0.6) is 5.75 Å². The first-order valence-corrected chi connectivity index (χ1v) is 5.67. The maximum Gasteiger partial charge on any atom is 0.190 e. The Morgan fingerprint density at radius 2 is 2.47 bits per heavy atom. The quantitative estimate of drug-likeness (QED) is 0.721. The van der Waals surface area contributed by atoms with Gasteiger partial charge in [-0.2, -0.15) is 5.26 Å². The van der Waals surface area contributed by atoms with Crippen LogP contribution in [0, 0.1) is 17.2 Å². The lowest BCUT2D eigenvalue weighted by Crippen LogP contribution is -2.11. The molecule has 15 heavy (non-hydrogen) atoms. The van der Waals surface area contributed by atoms with Crippen LogP contribution >= 0.6 is 11.3 Å². The van der Waals surface area contributed by atoms with Gasteiger partial charge in [-0.25, -0.2) is 0 Å². The molecule has 0 aliphatic heterocycles. The van der Waals surface area contributed by atoms with Crippen LogP contribution in [0.4, 0.5) is 0 Å². The van der Waals surface area contributed by atoms with Crippen molar-refractivity contribution in [1.29, 1.82) is 5.26 Å². The van der Waals surface area contributed by atoms with Gasteiger partial charge in [0, 0.05) is 11.4 Å². The van der Waals surface area contributed by atoms with Gasteiger partial charge >= 0.3 is 0 Å². The second kappa shape index (κ2) is 5.52. The number of nitriles is 1. The van der Waals surface area contributed by atoms with Crippen molar-refractivity contribution in [1.82, 2.24) is 0 Å². The minimum absolute atomic E-state index is 0.0901. The van der Waals surface area contributed by atoms with Crippen molar-refractivity contribution in [3.63, 3.8) is 0 Å². The van der Waals surface area contributed by atoms with E-state index in [9.17, 15) is 4.79 Å². The van der Waals surface area contributed by atoms with Gasteiger partial charge in [-0.1, -0.05) is 13.3 Å². The highest BCUT2D eigenvalue weighted by Crippen LogP contribution is 2.24. The zero-order valence-electron chi connectivity index (χ0n) is 8.82. The summed E-state index contributed by atoms with van der Waals surface area (Å²) in [5.74, 6) is 0.0718. The molecule has 1 atom stereocenters. The largest absolute Gasteiger partial charge is 0.496 e. The molecule has 0 radical (unpaired) electrons. The lowest BCUT2D eigenvalue weighted by molar-refractivity contribution is 0.0947. The highest BCUT2D eigenvalue weighted by atomic mass is 32.1. The summed E-state index contributed by atoms with van der Waals surface area (Å²) in [4.78, 5) is 12.4. The van der Waals surface area contributed by atoms with E-state index >= 15 is 0 Å². The molecule has 1 aromatic heterocycles. The first-order valence-electron chi connectivity index (χ1n) is 4.79. The Morgan fingerprint density at radius 1 is 1.73 bits per heavy atom. The van der Waals surface area contributed by atoms with E-state index in [1.54, 1.807) is 18.6 Å². The number of hydrogen-bond donors (Lipinski definition) is 0. The Bertz CT molecular complexity index is 378. The minimum Gasteiger partial charge on any atom is -0.496 e. The third-order valence-electron chi connectivity index (χ3n) is 2.10. The number of ether oxygens (including phenoxy) is 1. The highest BCUT2D eigenvalue weighted by molar-refractivity contribution is 7.12. The number of carbonyl (C=O) groups excluding carboxylic acids is 1. The van der Waals surface area contributed by atoms with Crippen LogP contribution in [0.3, 0.4) is 0 Å². The molecule has 0 amide bonds. The number of methoxy groups -OCH3 is 1. The Hall–Kier alpha value is -1.34. The van der Waals surface area contributed by atoms with E-state index in [2.05, 4.69) is 0 Å². The van der Waals surface area contributed by atoms with Crippen LogP contribution < -0.4 is 4.74 Å². The van der Waals surface area contributed by atoms with Crippen molar-refractivity contribution in [3.8, 4) is 11.8 Å². The summed E-state index contributed by atoms with van der Waals surface area (Å²) in [5.41, 5.74) is 0. The summed E-state index contributed by atoms with van der Waals surface area (Å²) in [6, 6.07) is 3.73. The number of carbonyl (C=O) groups is 1. The maximum atomic E-state index is 11.8. The third-order valence-corrected chi connectivity index (χ3v) is 3.03. The van der Waals surface area contributed by atoms with Crippen LogP contribution in [0.1, 0.15) is 29.4 Å². The Kier molecular flexibility index (Phi) is 4.32. The number of Topliss-reactive ketones (excluding diaryl/α,β-unsaturated/α-hetero) is 1. The van der Waals surface area contributed by atoms with Gasteiger partial charge in [0.1, 0.15) is 11.7 Å². The van der Waals surface area contributed by atoms with Gasteiger partial charge in [-0.15, -0.1) is 11.3 Å². The molecule has 0 saturated heterocycles. The fourth-order valence-corrected chi connectivity index (χ4v) is 2.12. The molecule has 1 aromatic rings. The van der Waals surface area contributed by atoms with E-state index in [4.69, 9.17) is 10.00 Å². The average molecular weight is 223 g/mol.